The summed E-state index contributed by atoms with van der Waals surface area (Å²) in [6.45, 7) is 0. The highest BCUT2D eigenvalue weighted by molar-refractivity contribution is 8.15. The number of hydrogen-bond acceptors (Lipinski definition) is 5. The van der Waals surface area contributed by atoms with Crippen molar-refractivity contribution in [1.29, 1.82) is 0 Å². The predicted molar refractivity (Wildman–Crippen MR) is 115 cm³/mol. The summed E-state index contributed by atoms with van der Waals surface area (Å²) in [4.78, 5) is 30.6. The Morgan fingerprint density at radius 1 is 1.21 bits per heavy atom. The average Bonchev–Trinajstić information content (AvgIpc) is 2.97. The monoisotopic (exact) mass is 437 g/mol. The summed E-state index contributed by atoms with van der Waals surface area (Å²) in [5.41, 5.74) is 1.09. The zero-order valence-electron chi connectivity index (χ0n) is 15.1. The topological polar surface area (TPSA) is 71.0 Å². The molecule has 6 nitrogen and oxygen atoms in total. The van der Waals surface area contributed by atoms with Crippen molar-refractivity contribution in [2.45, 2.75) is 11.7 Å². The molecule has 1 N–H and O–H groups in total. The molecule has 1 heterocycles. The molecule has 0 radical (unpaired) electrons. The molecule has 28 heavy (non-hydrogen) atoms. The summed E-state index contributed by atoms with van der Waals surface area (Å²) in [6.07, 6.45) is 0.0828. The Hall–Kier alpha value is -2.22. The molecule has 0 aromatic heterocycles. The number of thioether (sulfide) groups is 1. The molecule has 1 fully saturated rings. The Morgan fingerprint density at radius 3 is 2.57 bits per heavy atom. The summed E-state index contributed by atoms with van der Waals surface area (Å²) >= 11 is 13.4. The third-order valence-electron chi connectivity index (χ3n) is 4.06. The number of halogens is 2. The number of anilines is 2. The van der Waals surface area contributed by atoms with Crippen molar-refractivity contribution < 1.29 is 14.3 Å². The van der Waals surface area contributed by atoms with Gasteiger partial charge in [0, 0.05) is 18.5 Å². The Labute approximate surface area is 176 Å². The number of amidine groups is 1. The number of ether oxygens (including phenoxy) is 1. The standard InChI is InChI=1S/C19H17Cl2N3O3S/c1-22-19(23-15-9-11(20)3-8-14(15)21)28-16-10-17(25)24(18(16)26)12-4-6-13(27-2)7-5-12/h3-9,16H,10H2,1-2H3,(H,22,23)/t16-/m1/s1. The summed E-state index contributed by atoms with van der Waals surface area (Å²) in [6, 6.07) is 11.8. The van der Waals surface area contributed by atoms with Gasteiger partial charge < -0.3 is 10.1 Å². The fraction of sp³-hybridized carbons (Fsp3) is 0.211. The number of benzene rings is 2. The number of carbonyl (C=O) groups excluding carboxylic acids is 2. The van der Waals surface area contributed by atoms with Crippen LogP contribution in [0.15, 0.2) is 47.5 Å². The Bertz CT molecular complexity index is 935. The molecule has 0 bridgehead atoms. The second kappa shape index (κ2) is 8.86. The average molecular weight is 438 g/mol. The number of aliphatic imine (C=N–C) groups is 1. The van der Waals surface area contributed by atoms with E-state index in [2.05, 4.69) is 10.3 Å². The maximum absolute atomic E-state index is 12.8. The van der Waals surface area contributed by atoms with Crippen molar-refractivity contribution >= 4 is 63.3 Å². The van der Waals surface area contributed by atoms with E-state index >= 15 is 0 Å². The first-order valence-electron chi connectivity index (χ1n) is 8.29. The van der Waals surface area contributed by atoms with E-state index in [0.717, 1.165) is 0 Å². The van der Waals surface area contributed by atoms with E-state index in [1.54, 1.807) is 56.6 Å². The number of nitrogens with one attached hydrogen (secondary N) is 1. The van der Waals surface area contributed by atoms with Crippen molar-refractivity contribution in [3.63, 3.8) is 0 Å². The number of methoxy groups -OCH3 is 1. The van der Waals surface area contributed by atoms with E-state index < -0.39 is 5.25 Å². The minimum Gasteiger partial charge on any atom is -0.497 e. The smallest absolute Gasteiger partial charge is 0.247 e. The van der Waals surface area contributed by atoms with Gasteiger partial charge in [0.25, 0.3) is 0 Å². The van der Waals surface area contributed by atoms with E-state index in [-0.39, 0.29) is 18.2 Å². The molecular weight excluding hydrogens is 421 g/mol. The van der Waals surface area contributed by atoms with Gasteiger partial charge in [-0.15, -0.1) is 0 Å². The van der Waals surface area contributed by atoms with Crippen LogP contribution in [0.25, 0.3) is 0 Å². The number of carbonyl (C=O) groups is 2. The normalized spacial score (nSPS) is 17.2. The van der Waals surface area contributed by atoms with Crippen molar-refractivity contribution in [2.75, 3.05) is 24.4 Å². The molecule has 0 unspecified atom stereocenters. The molecule has 0 spiro atoms. The molecule has 1 aliphatic heterocycles. The lowest BCUT2D eigenvalue weighted by Crippen LogP contribution is -2.31. The number of rotatable bonds is 4. The lowest BCUT2D eigenvalue weighted by Gasteiger charge is -2.16. The van der Waals surface area contributed by atoms with Crippen LogP contribution in [0.1, 0.15) is 6.42 Å². The van der Waals surface area contributed by atoms with Gasteiger partial charge in [0.05, 0.1) is 23.5 Å². The first-order valence-corrected chi connectivity index (χ1v) is 9.93. The number of nitrogens with zero attached hydrogens (tertiary/aromatic N) is 2. The summed E-state index contributed by atoms with van der Waals surface area (Å²) in [7, 11) is 3.15. The van der Waals surface area contributed by atoms with Crippen molar-refractivity contribution in [3.05, 3.63) is 52.5 Å². The number of imide groups is 1. The minimum atomic E-state index is -0.584. The zero-order chi connectivity index (χ0) is 20.3. The summed E-state index contributed by atoms with van der Waals surface area (Å²) in [5, 5.41) is 3.94. The molecule has 146 valence electrons. The van der Waals surface area contributed by atoms with Gasteiger partial charge in [-0.05, 0) is 42.5 Å². The second-order valence-corrected chi connectivity index (χ2v) is 7.89. The van der Waals surface area contributed by atoms with Crippen LogP contribution in [0.2, 0.25) is 10.0 Å². The molecule has 1 aliphatic rings. The maximum atomic E-state index is 12.8. The van der Waals surface area contributed by atoms with Crippen LogP contribution in [0.5, 0.6) is 5.75 Å². The first kappa shape index (κ1) is 20.5. The Kier molecular flexibility index (Phi) is 6.49. The summed E-state index contributed by atoms with van der Waals surface area (Å²) in [5.74, 6) is 0.0981. The van der Waals surface area contributed by atoms with E-state index in [1.165, 1.54) is 16.7 Å². The molecule has 2 aromatic carbocycles. The zero-order valence-corrected chi connectivity index (χ0v) is 17.4. The number of amides is 2. The van der Waals surface area contributed by atoms with Crippen LogP contribution in [0, 0.1) is 0 Å². The van der Waals surface area contributed by atoms with Crippen molar-refractivity contribution in [1.82, 2.24) is 0 Å². The SMILES string of the molecule is CN=C(Nc1cc(Cl)ccc1Cl)S[C@@H]1CC(=O)N(c2ccc(OC)cc2)C1=O. The van der Waals surface area contributed by atoms with Crippen LogP contribution in [0.3, 0.4) is 0 Å². The third kappa shape index (κ3) is 4.43. The molecule has 2 aromatic rings. The first-order chi connectivity index (χ1) is 13.4. The molecular formula is C19H17Cl2N3O3S. The highest BCUT2D eigenvalue weighted by atomic mass is 35.5. The van der Waals surface area contributed by atoms with Crippen LogP contribution < -0.4 is 15.0 Å². The van der Waals surface area contributed by atoms with Gasteiger partial charge in [-0.2, -0.15) is 0 Å². The summed E-state index contributed by atoms with van der Waals surface area (Å²) < 4.78 is 5.11. The van der Waals surface area contributed by atoms with Crippen LogP contribution in [0.4, 0.5) is 11.4 Å². The minimum absolute atomic E-state index is 0.0828. The van der Waals surface area contributed by atoms with E-state index in [4.69, 9.17) is 27.9 Å². The van der Waals surface area contributed by atoms with Crippen molar-refractivity contribution in [3.8, 4) is 5.75 Å². The second-order valence-electron chi connectivity index (χ2n) is 5.85. The van der Waals surface area contributed by atoms with E-state index in [1.807, 2.05) is 0 Å². The van der Waals surface area contributed by atoms with Gasteiger partial charge in [0.2, 0.25) is 11.8 Å². The molecule has 3 rings (SSSR count). The van der Waals surface area contributed by atoms with Gasteiger partial charge in [-0.3, -0.25) is 14.6 Å². The Morgan fingerprint density at radius 2 is 1.93 bits per heavy atom. The van der Waals surface area contributed by atoms with E-state index in [9.17, 15) is 9.59 Å². The molecule has 9 heteroatoms. The van der Waals surface area contributed by atoms with Gasteiger partial charge in [-0.25, -0.2) is 4.90 Å². The maximum Gasteiger partial charge on any atom is 0.247 e. The van der Waals surface area contributed by atoms with Gasteiger partial charge in [0.1, 0.15) is 11.0 Å². The highest BCUT2D eigenvalue weighted by Crippen LogP contribution is 2.33. The highest BCUT2D eigenvalue weighted by Gasteiger charge is 2.40. The quantitative estimate of drug-likeness (QED) is 0.434. The van der Waals surface area contributed by atoms with Crippen molar-refractivity contribution in [2.24, 2.45) is 4.99 Å². The molecule has 1 atom stereocenters. The molecule has 1 saturated heterocycles. The lowest BCUT2D eigenvalue weighted by atomic mass is 10.3. The van der Waals surface area contributed by atoms with Crippen LogP contribution in [-0.2, 0) is 9.59 Å². The fourth-order valence-electron chi connectivity index (χ4n) is 2.68. The van der Waals surface area contributed by atoms with Gasteiger partial charge >= 0.3 is 0 Å². The van der Waals surface area contributed by atoms with Crippen LogP contribution in [-0.4, -0.2) is 36.4 Å². The van der Waals surface area contributed by atoms with E-state index in [0.29, 0.717) is 32.3 Å². The van der Waals surface area contributed by atoms with Gasteiger partial charge in [-0.1, -0.05) is 35.0 Å². The largest absolute Gasteiger partial charge is 0.497 e. The third-order valence-corrected chi connectivity index (χ3v) is 5.79. The predicted octanol–water partition coefficient (Wildman–Crippen LogP) is 4.47. The molecule has 0 aliphatic carbocycles. The Balaban J connectivity index is 1.74. The van der Waals surface area contributed by atoms with Gasteiger partial charge in [0.15, 0.2) is 5.17 Å². The lowest BCUT2D eigenvalue weighted by molar-refractivity contribution is -0.121. The van der Waals surface area contributed by atoms with Crippen LogP contribution >= 0.6 is 35.0 Å². The molecule has 0 saturated carbocycles. The molecule has 2 amide bonds. The fourth-order valence-corrected chi connectivity index (χ4v) is 3.99. The number of hydrogen-bond donors (Lipinski definition) is 1.